The Morgan fingerprint density at radius 1 is 0.591 bits per heavy atom. The Bertz CT molecular complexity index is 3400. The van der Waals surface area contributed by atoms with Gasteiger partial charge >= 0.3 is 5.97 Å². The van der Waals surface area contributed by atoms with Crippen molar-refractivity contribution in [1.29, 1.82) is 0 Å². The van der Waals surface area contributed by atoms with Gasteiger partial charge in [0.25, 0.3) is 0 Å². The number of hydrogen-bond acceptors (Lipinski definition) is 24. The van der Waals surface area contributed by atoms with Gasteiger partial charge in [-0.2, -0.15) is 0 Å². The first-order chi connectivity index (χ1) is 52.7. The largest absolute Gasteiger partial charge is 0.508 e. The molecule has 5 aliphatic rings. The SMILES string of the molecule is NC(=O)[C@H](CSC1CC(=O)N(CCC(=O)NCCCCC2CC(=O)[C@@H](Cc3ccccc3)NC(=O)[C@@H](CC(=O)O)NC(=O)CNC(=O)[C@H](CCCN=C(N)N)NC2=O)C1=O)NC(=O)CCCCCCC(=O)[C@H](Cc1ccc(O)cc1)NC(=O)CCCC(=O)NC12CNCCNCC(N)(CNCCNC1)CNCCNC2. The number of fused-ring (bicyclic) bond motifs is 15. The maximum Gasteiger partial charge on any atom is 0.305 e. The van der Waals surface area contributed by atoms with E-state index in [1.807, 2.05) is 0 Å². The fraction of sp³-hybridized carbons (Fsp3) is 0.630. The molecule has 0 radical (unpaired) electrons. The number of carbonyl (C=O) groups excluding carboxylic acids is 13. The molecule has 7 atom stereocenters. The number of carboxylic acids is 1. The van der Waals surface area contributed by atoms with Crippen LogP contribution in [0.1, 0.15) is 127 Å². The number of imide groups is 1. The van der Waals surface area contributed by atoms with Gasteiger partial charge in [-0.05, 0) is 81.0 Å². The molecule has 0 aliphatic carbocycles. The molecule has 5 saturated heterocycles. The molecule has 2 bridgehead atoms. The lowest BCUT2D eigenvalue weighted by molar-refractivity contribution is -0.141. The number of thioether (sulfide) groups is 1. The van der Waals surface area contributed by atoms with Crippen molar-refractivity contribution in [3.05, 3.63) is 65.7 Å². The van der Waals surface area contributed by atoms with Gasteiger partial charge in [-0.3, -0.25) is 77.0 Å². The average molecular weight is 1560 g/mol. The van der Waals surface area contributed by atoms with Crippen LogP contribution in [0.2, 0.25) is 0 Å². The Kier molecular flexibility index (Phi) is 38.9. The Hall–Kier alpha value is -9.24. The molecule has 0 aromatic heterocycles. The van der Waals surface area contributed by atoms with Crippen LogP contribution < -0.4 is 97.4 Å². The number of benzene rings is 2. The van der Waals surface area contributed by atoms with Gasteiger partial charge in [-0.25, -0.2) is 0 Å². The van der Waals surface area contributed by atoms with Crippen molar-refractivity contribution in [2.75, 3.05) is 110 Å². The van der Waals surface area contributed by atoms with Crippen molar-refractivity contribution in [2.24, 2.45) is 33.8 Å². The lowest BCUT2D eigenvalue weighted by Gasteiger charge is -2.37. The molecule has 7 rings (SSSR count). The van der Waals surface area contributed by atoms with E-state index in [0.717, 1.165) is 16.7 Å². The summed E-state index contributed by atoms with van der Waals surface area (Å²) in [6.07, 6.45) is 1.41. The molecule has 5 heterocycles. The summed E-state index contributed by atoms with van der Waals surface area (Å²) in [6, 6.07) is 8.65. The summed E-state index contributed by atoms with van der Waals surface area (Å²) >= 11 is 0.962. The van der Waals surface area contributed by atoms with E-state index in [2.05, 4.69) is 79.4 Å². The molecule has 2 aromatic rings. The number of likely N-dealkylation sites (tertiary alicyclic amines) is 1. The van der Waals surface area contributed by atoms with Crippen LogP contribution in [0.3, 0.4) is 0 Å². The van der Waals surface area contributed by atoms with Crippen LogP contribution >= 0.6 is 11.8 Å². The third kappa shape index (κ3) is 33.5. The second-order valence-electron chi connectivity index (χ2n) is 28.6. The topological polar surface area (TPSA) is 568 Å². The predicted octanol–water partition coefficient (Wildman–Crippen LogP) is -4.95. The number of aliphatic imine (C=N–C) groups is 1. The Labute approximate surface area is 644 Å². The van der Waals surface area contributed by atoms with Crippen molar-refractivity contribution >= 4 is 100 Å². The number of phenols is 1. The van der Waals surface area contributed by atoms with Gasteiger partial charge in [0, 0.05) is 155 Å². The molecule has 5 aliphatic heterocycles. The number of carbonyl (C=O) groups is 14. The van der Waals surface area contributed by atoms with Crippen LogP contribution in [-0.2, 0) is 80.0 Å². The molecular formula is C73H114N20O16S. The second kappa shape index (κ2) is 47.7. The average Bonchev–Trinajstić information content (AvgIpc) is 1.57. The summed E-state index contributed by atoms with van der Waals surface area (Å²) in [7, 11) is 0. The molecule has 608 valence electrons. The summed E-state index contributed by atoms with van der Waals surface area (Å²) < 4.78 is 0. The maximum absolute atomic E-state index is 14.3. The molecule has 2 unspecified atom stereocenters. The number of nitrogens with one attached hydrogen (secondary N) is 14. The first-order valence-corrected chi connectivity index (χ1v) is 39.0. The highest BCUT2D eigenvalue weighted by molar-refractivity contribution is 8.00. The molecule has 110 heavy (non-hydrogen) atoms. The summed E-state index contributed by atoms with van der Waals surface area (Å²) in [4.78, 5) is 192. The van der Waals surface area contributed by atoms with Crippen molar-refractivity contribution < 1.29 is 77.3 Å². The molecule has 37 heteroatoms. The first-order valence-electron chi connectivity index (χ1n) is 38.0. The minimum Gasteiger partial charge on any atom is -0.508 e. The minimum absolute atomic E-state index is 0.00702. The van der Waals surface area contributed by atoms with E-state index in [9.17, 15) is 77.3 Å². The number of guanidine groups is 1. The number of aliphatic carboxylic acids is 1. The predicted molar refractivity (Wildman–Crippen MR) is 410 cm³/mol. The van der Waals surface area contributed by atoms with E-state index in [1.165, 1.54) is 12.1 Å². The van der Waals surface area contributed by atoms with E-state index in [1.54, 1.807) is 42.5 Å². The summed E-state index contributed by atoms with van der Waals surface area (Å²) in [5.41, 5.74) is 23.5. The number of carboxylic acid groups (broad SMARTS) is 1. The molecule has 11 amide bonds. The highest BCUT2D eigenvalue weighted by Crippen LogP contribution is 2.27. The smallest absolute Gasteiger partial charge is 0.305 e. The van der Waals surface area contributed by atoms with Crippen molar-refractivity contribution in [1.82, 2.24) is 79.3 Å². The highest BCUT2D eigenvalue weighted by Gasteiger charge is 2.41. The van der Waals surface area contributed by atoms with Crippen LogP contribution in [0.25, 0.3) is 0 Å². The van der Waals surface area contributed by atoms with Gasteiger partial charge in [-0.15, -0.1) is 11.8 Å². The zero-order valence-electron chi connectivity index (χ0n) is 62.6. The fourth-order valence-corrected chi connectivity index (χ4v) is 14.3. The molecule has 24 N–H and O–H groups in total. The normalized spacial score (nSPS) is 22.9. The van der Waals surface area contributed by atoms with Crippen molar-refractivity contribution in [3.63, 3.8) is 0 Å². The zero-order valence-corrected chi connectivity index (χ0v) is 63.4. The van der Waals surface area contributed by atoms with Crippen LogP contribution in [0, 0.1) is 5.92 Å². The quantitative estimate of drug-likeness (QED) is 0.0130. The highest BCUT2D eigenvalue weighted by atomic mass is 32.2. The van der Waals surface area contributed by atoms with Gasteiger partial charge in [-0.1, -0.05) is 61.7 Å². The molecule has 2 aromatic carbocycles. The number of unbranched alkanes of at least 4 members (excludes halogenated alkanes) is 4. The van der Waals surface area contributed by atoms with Crippen LogP contribution in [-0.4, -0.2) is 261 Å². The third-order valence-corrected chi connectivity index (χ3v) is 20.5. The number of amides is 11. The third-order valence-electron chi connectivity index (χ3n) is 19.2. The summed E-state index contributed by atoms with van der Waals surface area (Å²) in [5, 5.41) is 61.0. The Balaban J connectivity index is 0.920. The van der Waals surface area contributed by atoms with Crippen LogP contribution in [0.5, 0.6) is 5.75 Å². The molecule has 0 spiro atoms. The monoisotopic (exact) mass is 1560 g/mol. The van der Waals surface area contributed by atoms with Crippen LogP contribution in [0.4, 0.5) is 0 Å². The molecule has 36 nitrogen and oxygen atoms in total. The number of phenolic OH excluding ortho intramolecular Hbond substituents is 1. The van der Waals surface area contributed by atoms with Gasteiger partial charge < -0.3 is 108 Å². The number of nitrogens with two attached hydrogens (primary N) is 4. The van der Waals surface area contributed by atoms with E-state index in [-0.39, 0.29) is 139 Å². The number of ketones is 2. The van der Waals surface area contributed by atoms with E-state index in [0.29, 0.717) is 115 Å². The minimum atomic E-state index is -1.65. The number of primary amides is 1. The zero-order chi connectivity index (χ0) is 79.9. The second-order valence-corrected chi connectivity index (χ2v) is 29.8. The first kappa shape index (κ1) is 89.7. The van der Waals surface area contributed by atoms with E-state index >= 15 is 0 Å². The van der Waals surface area contributed by atoms with Crippen molar-refractivity contribution in [2.45, 2.75) is 175 Å². The Morgan fingerprint density at radius 3 is 1.80 bits per heavy atom. The standard InChI is InChI=1S/C73H114N20O16S/c74-66(105)55(89-60(98)17-7-2-1-6-16-56(95)52(35-48-20-22-50(94)23-21-48)87-61(99)18-10-19-62(100)92-73-44-81-30-27-78-41-72(77,42-79-28-31-82-45-73)43-80-29-32-83-46-73)40-110-58-38-64(102)93(70(58)109)33-24-59(97)84-25-9-8-14-49-36-57(96)53(34-47-12-4-3-5-13-47)91-69(108)54(37-65(103)104)88-63(101)39-86-68(107)51(90-67(49)106)15-11-26-85-71(75)76/h3-5,12-13,20-23,49,51-55,58,78-83,94H,1-2,6-11,14-19,24-46,77H2,(H2,74,105)(H,84,97)(H,86,107)(H,87,99)(H,88,101)(H,89,98)(H,90,106)(H,91,108)(H,92,100)(H,103,104)(H4,75,76,85)/t49?,51-,52-,53+,54+,55-,58?,72?,73?/m0/s1. The number of aromatic hydroxyl groups is 1. The number of Topliss-reactive ketones (excluding diaryl/α,β-unsaturated/α-hetero) is 2. The number of hydrogen-bond donors (Lipinski definition) is 20. The molecule has 0 saturated carbocycles. The Morgan fingerprint density at radius 2 is 1.18 bits per heavy atom. The summed E-state index contributed by atoms with van der Waals surface area (Å²) in [6.45, 7) is 6.53. The van der Waals surface area contributed by atoms with E-state index in [4.69, 9.17) is 22.9 Å². The van der Waals surface area contributed by atoms with Crippen molar-refractivity contribution in [3.8, 4) is 5.75 Å². The molecular weight excluding hydrogens is 1440 g/mol. The number of nitrogens with zero attached hydrogens (tertiary/aromatic N) is 2. The van der Waals surface area contributed by atoms with Gasteiger partial charge in [0.1, 0.15) is 23.9 Å². The lowest BCUT2D eigenvalue weighted by atomic mass is 9.90. The number of rotatable bonds is 37. The lowest BCUT2D eigenvalue weighted by Crippen LogP contribution is -2.67. The summed E-state index contributed by atoms with van der Waals surface area (Å²) in [5.74, 6) is -10.7. The maximum atomic E-state index is 14.3. The molecule has 5 fully saturated rings. The fourth-order valence-electron chi connectivity index (χ4n) is 13.1. The van der Waals surface area contributed by atoms with Gasteiger partial charge in [0.05, 0.1) is 41.4 Å². The van der Waals surface area contributed by atoms with Gasteiger partial charge in [0.2, 0.25) is 65.0 Å². The van der Waals surface area contributed by atoms with Crippen LogP contribution in [0.15, 0.2) is 59.6 Å². The van der Waals surface area contributed by atoms with Gasteiger partial charge in [0.15, 0.2) is 17.5 Å². The van der Waals surface area contributed by atoms with E-state index < -0.39 is 143 Å².